The predicted octanol–water partition coefficient (Wildman–Crippen LogP) is 3.47. The van der Waals surface area contributed by atoms with E-state index in [0.717, 1.165) is 30.2 Å². The number of sulfonamides is 1. The Hall–Kier alpha value is -3.72. The first-order valence-corrected chi connectivity index (χ1v) is 13.3. The van der Waals surface area contributed by atoms with Gasteiger partial charge in [-0.3, -0.25) is 9.10 Å². The second kappa shape index (κ2) is 11.3. The lowest BCUT2D eigenvalue weighted by molar-refractivity contribution is -0.119. The predicted molar refractivity (Wildman–Crippen MR) is 141 cm³/mol. The lowest BCUT2D eigenvalue weighted by Crippen LogP contribution is -2.41. The van der Waals surface area contributed by atoms with Crippen LogP contribution in [0.25, 0.3) is 0 Å². The van der Waals surface area contributed by atoms with E-state index < -0.39 is 22.5 Å². The Morgan fingerprint density at radius 2 is 1.75 bits per heavy atom. The molecule has 1 amide bonds. The normalized spacial score (nSPS) is 12.7. The molecular weight excluding hydrogens is 478 g/mol. The minimum absolute atomic E-state index is 0.0790. The molecule has 0 spiro atoms. The molecule has 0 atom stereocenters. The number of carbonyl (C=O) groups is 1. The quantitative estimate of drug-likeness (QED) is 0.398. The van der Waals surface area contributed by atoms with Crippen molar-refractivity contribution in [1.29, 1.82) is 0 Å². The minimum atomic E-state index is -4.06. The molecule has 4 rings (SSSR count). The number of para-hydroxylation sites is 1. The van der Waals surface area contributed by atoms with Crippen LogP contribution in [0.1, 0.15) is 12.0 Å². The highest BCUT2D eigenvalue weighted by Gasteiger charge is 2.30. The van der Waals surface area contributed by atoms with Crippen LogP contribution in [0.15, 0.2) is 77.7 Å². The van der Waals surface area contributed by atoms with Crippen LogP contribution in [0.2, 0.25) is 0 Å². The van der Waals surface area contributed by atoms with Gasteiger partial charge in [0.25, 0.3) is 10.0 Å². The van der Waals surface area contributed by atoms with Crippen LogP contribution < -0.4 is 24.0 Å². The van der Waals surface area contributed by atoms with Gasteiger partial charge in [0.15, 0.2) is 0 Å². The van der Waals surface area contributed by atoms with Gasteiger partial charge in [-0.25, -0.2) is 8.42 Å². The van der Waals surface area contributed by atoms with Crippen LogP contribution in [-0.2, 0) is 21.2 Å². The molecule has 0 unspecified atom stereocenters. The molecule has 1 aliphatic heterocycles. The van der Waals surface area contributed by atoms with Gasteiger partial charge >= 0.3 is 0 Å². The van der Waals surface area contributed by atoms with Crippen molar-refractivity contribution in [3.05, 3.63) is 78.4 Å². The third-order valence-electron chi connectivity index (χ3n) is 6.18. The number of amides is 1. The Kier molecular flexibility index (Phi) is 8.00. The van der Waals surface area contributed by atoms with E-state index in [-0.39, 0.29) is 10.6 Å². The maximum Gasteiger partial charge on any atom is 0.264 e. The van der Waals surface area contributed by atoms with E-state index in [0.29, 0.717) is 18.0 Å². The maximum absolute atomic E-state index is 13.6. The van der Waals surface area contributed by atoms with E-state index in [9.17, 15) is 13.2 Å². The van der Waals surface area contributed by atoms with E-state index in [1.807, 2.05) is 6.07 Å². The molecule has 1 heterocycles. The fourth-order valence-corrected chi connectivity index (χ4v) is 5.78. The molecule has 0 saturated heterocycles. The van der Waals surface area contributed by atoms with Gasteiger partial charge in [0.05, 0.1) is 24.8 Å². The molecule has 0 aromatic heterocycles. The lowest BCUT2D eigenvalue weighted by Gasteiger charge is -2.26. The van der Waals surface area contributed by atoms with Gasteiger partial charge in [-0.05, 0) is 48.7 Å². The SMILES string of the molecule is COc1ccc(OC)c(N(CC(=O)NCCCN2CCc3ccccc32)S(=O)(=O)c2ccccc2)c1. The first kappa shape index (κ1) is 25.4. The summed E-state index contributed by atoms with van der Waals surface area (Å²) in [6, 6.07) is 21.2. The topological polar surface area (TPSA) is 88.2 Å². The van der Waals surface area contributed by atoms with Crippen molar-refractivity contribution in [1.82, 2.24) is 5.32 Å². The van der Waals surface area contributed by atoms with Crippen LogP contribution in [-0.4, -0.2) is 54.7 Å². The Morgan fingerprint density at radius 3 is 2.50 bits per heavy atom. The molecule has 8 nitrogen and oxygen atoms in total. The third kappa shape index (κ3) is 5.57. The smallest absolute Gasteiger partial charge is 0.264 e. The van der Waals surface area contributed by atoms with Gasteiger partial charge < -0.3 is 19.7 Å². The summed E-state index contributed by atoms with van der Waals surface area (Å²) in [4.78, 5) is 15.3. The molecule has 0 aliphatic carbocycles. The van der Waals surface area contributed by atoms with Gasteiger partial charge in [-0.1, -0.05) is 36.4 Å². The van der Waals surface area contributed by atoms with Crippen LogP contribution in [0.5, 0.6) is 11.5 Å². The highest BCUT2D eigenvalue weighted by Crippen LogP contribution is 2.35. The summed E-state index contributed by atoms with van der Waals surface area (Å²) in [5, 5.41) is 2.88. The fourth-order valence-electron chi connectivity index (χ4n) is 4.33. The van der Waals surface area contributed by atoms with E-state index in [2.05, 4.69) is 28.4 Å². The zero-order valence-corrected chi connectivity index (χ0v) is 21.3. The van der Waals surface area contributed by atoms with E-state index in [4.69, 9.17) is 9.47 Å². The number of nitrogens with one attached hydrogen (secondary N) is 1. The molecule has 36 heavy (non-hydrogen) atoms. The molecule has 190 valence electrons. The van der Waals surface area contributed by atoms with E-state index in [1.165, 1.54) is 37.6 Å². The fraction of sp³-hybridized carbons (Fsp3) is 0.296. The van der Waals surface area contributed by atoms with Crippen LogP contribution in [0, 0.1) is 0 Å². The highest BCUT2D eigenvalue weighted by molar-refractivity contribution is 7.92. The van der Waals surface area contributed by atoms with Gasteiger partial charge in [-0.15, -0.1) is 0 Å². The second-order valence-electron chi connectivity index (χ2n) is 8.43. The maximum atomic E-state index is 13.6. The molecule has 0 bridgehead atoms. The average Bonchev–Trinajstić information content (AvgIpc) is 3.33. The first-order chi connectivity index (χ1) is 17.4. The molecule has 1 N–H and O–H groups in total. The number of benzene rings is 3. The summed E-state index contributed by atoms with van der Waals surface area (Å²) in [6.07, 6.45) is 1.77. The summed E-state index contributed by atoms with van der Waals surface area (Å²) in [5.41, 5.74) is 2.81. The second-order valence-corrected chi connectivity index (χ2v) is 10.3. The minimum Gasteiger partial charge on any atom is -0.497 e. The Labute approximate surface area is 212 Å². The Morgan fingerprint density at radius 1 is 1.00 bits per heavy atom. The van der Waals surface area contributed by atoms with Crippen LogP contribution in [0.4, 0.5) is 11.4 Å². The number of hydrogen-bond acceptors (Lipinski definition) is 6. The average molecular weight is 510 g/mol. The summed E-state index contributed by atoms with van der Waals surface area (Å²) in [6.45, 7) is 1.82. The number of carbonyl (C=O) groups excluding carboxylic acids is 1. The Balaban J connectivity index is 1.47. The number of anilines is 2. The summed E-state index contributed by atoms with van der Waals surface area (Å²) >= 11 is 0. The van der Waals surface area contributed by atoms with Crippen molar-refractivity contribution in [2.75, 3.05) is 49.6 Å². The molecule has 3 aromatic rings. The number of fused-ring (bicyclic) bond motifs is 1. The number of nitrogens with zero attached hydrogens (tertiary/aromatic N) is 2. The molecule has 0 saturated carbocycles. The Bertz CT molecular complexity index is 1300. The van der Waals surface area contributed by atoms with Gasteiger partial charge in [-0.2, -0.15) is 0 Å². The van der Waals surface area contributed by atoms with Crippen LogP contribution >= 0.6 is 0 Å². The monoisotopic (exact) mass is 509 g/mol. The van der Waals surface area contributed by atoms with E-state index >= 15 is 0 Å². The van der Waals surface area contributed by atoms with Crippen molar-refractivity contribution in [3.63, 3.8) is 0 Å². The van der Waals surface area contributed by atoms with Gasteiger partial charge in [0, 0.05) is 31.4 Å². The van der Waals surface area contributed by atoms with Crippen molar-refractivity contribution in [2.45, 2.75) is 17.7 Å². The largest absolute Gasteiger partial charge is 0.497 e. The first-order valence-electron chi connectivity index (χ1n) is 11.8. The summed E-state index contributed by atoms with van der Waals surface area (Å²) < 4.78 is 39.0. The van der Waals surface area contributed by atoms with Gasteiger partial charge in [0.2, 0.25) is 5.91 Å². The number of ether oxygens (including phenoxy) is 2. The van der Waals surface area contributed by atoms with Crippen molar-refractivity contribution in [3.8, 4) is 11.5 Å². The molecule has 3 aromatic carbocycles. The van der Waals surface area contributed by atoms with E-state index in [1.54, 1.807) is 36.4 Å². The zero-order chi connectivity index (χ0) is 25.5. The molecule has 0 radical (unpaired) electrons. The van der Waals surface area contributed by atoms with Crippen molar-refractivity contribution >= 4 is 27.3 Å². The van der Waals surface area contributed by atoms with Crippen molar-refractivity contribution in [2.24, 2.45) is 0 Å². The highest BCUT2D eigenvalue weighted by atomic mass is 32.2. The molecule has 9 heteroatoms. The van der Waals surface area contributed by atoms with Gasteiger partial charge in [0.1, 0.15) is 18.0 Å². The summed E-state index contributed by atoms with van der Waals surface area (Å²) in [5.74, 6) is 0.363. The third-order valence-corrected chi connectivity index (χ3v) is 7.96. The molecule has 0 fully saturated rings. The number of methoxy groups -OCH3 is 2. The summed E-state index contributed by atoms with van der Waals surface area (Å²) in [7, 11) is -1.11. The molecular formula is C27H31N3O5S. The molecule has 1 aliphatic rings. The van der Waals surface area contributed by atoms with Crippen LogP contribution in [0.3, 0.4) is 0 Å². The number of rotatable bonds is 11. The lowest BCUT2D eigenvalue weighted by atomic mass is 10.2. The standard InChI is InChI=1S/C27H31N3O5S/c1-34-22-13-14-26(35-2)25(19-22)30(36(32,33)23-10-4-3-5-11-23)20-27(31)28-16-8-17-29-18-15-21-9-6-7-12-24(21)29/h3-7,9-14,19H,8,15-18,20H2,1-2H3,(H,28,31). The van der Waals surface area contributed by atoms with Crippen molar-refractivity contribution < 1.29 is 22.7 Å². The zero-order valence-electron chi connectivity index (χ0n) is 20.5. The number of hydrogen-bond donors (Lipinski definition) is 1.